The van der Waals surface area contributed by atoms with Gasteiger partial charge in [0, 0.05) is 45.3 Å². The van der Waals surface area contributed by atoms with Crippen molar-refractivity contribution >= 4 is 5.97 Å². The van der Waals surface area contributed by atoms with Gasteiger partial charge in [-0.2, -0.15) is 0 Å². The summed E-state index contributed by atoms with van der Waals surface area (Å²) in [5.74, 6) is -0.868. The molecule has 2 unspecified atom stereocenters. The van der Waals surface area contributed by atoms with E-state index in [0.717, 1.165) is 45.7 Å². The number of hydrogen-bond acceptors (Lipinski definition) is 4. The fraction of sp³-hybridized carbons (Fsp3) is 0.917. The second-order valence-corrected chi connectivity index (χ2v) is 5.05. The van der Waals surface area contributed by atoms with Gasteiger partial charge in [-0.25, -0.2) is 0 Å². The lowest BCUT2D eigenvalue weighted by atomic mass is 9.94. The highest BCUT2D eigenvalue weighted by molar-refractivity contribution is 5.70. The van der Waals surface area contributed by atoms with Crippen molar-refractivity contribution in [3.8, 4) is 0 Å². The Bertz CT molecular complexity index is 264. The fourth-order valence-electron chi connectivity index (χ4n) is 2.83. The first-order valence-electron chi connectivity index (χ1n) is 6.60. The van der Waals surface area contributed by atoms with Crippen molar-refractivity contribution < 1.29 is 9.90 Å². The molecular formula is C12H23N3O2. The summed E-state index contributed by atoms with van der Waals surface area (Å²) < 4.78 is 0. The predicted octanol–water partition coefficient (Wildman–Crippen LogP) is -0.313. The van der Waals surface area contributed by atoms with Crippen molar-refractivity contribution in [2.75, 3.05) is 45.8 Å². The molecule has 5 nitrogen and oxygen atoms in total. The SMILES string of the molecule is CCN1CCN(C2CNCC(C(=O)O)C2)CC1. The maximum atomic E-state index is 11.0. The highest BCUT2D eigenvalue weighted by Gasteiger charge is 2.31. The van der Waals surface area contributed by atoms with Crippen LogP contribution in [0.4, 0.5) is 0 Å². The molecule has 2 atom stereocenters. The van der Waals surface area contributed by atoms with Crippen molar-refractivity contribution in [3.63, 3.8) is 0 Å². The van der Waals surface area contributed by atoms with Crippen LogP contribution in [0, 0.1) is 5.92 Å². The van der Waals surface area contributed by atoms with Gasteiger partial charge in [0.1, 0.15) is 0 Å². The first-order chi connectivity index (χ1) is 8.20. The molecule has 2 N–H and O–H groups in total. The molecule has 2 rings (SSSR count). The molecule has 0 radical (unpaired) electrons. The van der Waals surface area contributed by atoms with Crippen LogP contribution in [0.25, 0.3) is 0 Å². The molecular weight excluding hydrogens is 218 g/mol. The smallest absolute Gasteiger partial charge is 0.307 e. The van der Waals surface area contributed by atoms with Crippen molar-refractivity contribution in [2.24, 2.45) is 5.92 Å². The van der Waals surface area contributed by atoms with Crippen LogP contribution in [0.1, 0.15) is 13.3 Å². The number of likely N-dealkylation sites (N-methyl/N-ethyl adjacent to an activating group) is 1. The summed E-state index contributed by atoms with van der Waals surface area (Å²) in [6.45, 7) is 9.26. The Morgan fingerprint density at radius 3 is 2.59 bits per heavy atom. The number of nitrogens with zero attached hydrogens (tertiary/aromatic N) is 2. The second kappa shape index (κ2) is 5.80. The standard InChI is InChI=1S/C12H23N3O2/c1-2-14-3-5-15(6-4-14)11-7-10(12(16)17)8-13-9-11/h10-11,13H,2-9H2,1H3,(H,16,17). The van der Waals surface area contributed by atoms with Crippen LogP contribution < -0.4 is 5.32 Å². The number of piperidine rings is 1. The molecule has 0 aromatic rings. The third kappa shape index (κ3) is 3.18. The number of carboxylic acid groups (broad SMARTS) is 1. The van der Waals surface area contributed by atoms with Gasteiger partial charge in [-0.05, 0) is 13.0 Å². The monoisotopic (exact) mass is 241 g/mol. The molecule has 2 heterocycles. The summed E-state index contributed by atoms with van der Waals surface area (Å²) in [5, 5.41) is 12.3. The van der Waals surface area contributed by atoms with Crippen LogP contribution in [0.15, 0.2) is 0 Å². The summed E-state index contributed by atoms with van der Waals surface area (Å²) in [6, 6.07) is 0.406. The molecule has 5 heteroatoms. The summed E-state index contributed by atoms with van der Waals surface area (Å²) >= 11 is 0. The van der Waals surface area contributed by atoms with E-state index in [4.69, 9.17) is 5.11 Å². The Morgan fingerprint density at radius 1 is 1.29 bits per heavy atom. The minimum absolute atomic E-state index is 0.210. The molecule has 0 aromatic heterocycles. The molecule has 0 aliphatic carbocycles. The number of rotatable bonds is 3. The number of carboxylic acids is 1. The predicted molar refractivity (Wildman–Crippen MR) is 66.1 cm³/mol. The van der Waals surface area contributed by atoms with E-state index in [-0.39, 0.29) is 5.92 Å². The Balaban J connectivity index is 1.84. The van der Waals surface area contributed by atoms with Gasteiger partial charge in [-0.3, -0.25) is 9.69 Å². The van der Waals surface area contributed by atoms with Gasteiger partial charge in [-0.1, -0.05) is 6.92 Å². The van der Waals surface area contributed by atoms with E-state index in [1.807, 2.05) is 0 Å². The van der Waals surface area contributed by atoms with Crippen LogP contribution >= 0.6 is 0 Å². The molecule has 0 spiro atoms. The molecule has 2 aliphatic heterocycles. The third-order valence-electron chi connectivity index (χ3n) is 4.05. The molecule has 98 valence electrons. The van der Waals surface area contributed by atoms with Crippen LogP contribution in [-0.2, 0) is 4.79 Å². The summed E-state index contributed by atoms with van der Waals surface area (Å²) in [5.41, 5.74) is 0. The number of hydrogen-bond donors (Lipinski definition) is 2. The zero-order chi connectivity index (χ0) is 12.3. The third-order valence-corrected chi connectivity index (χ3v) is 4.05. The Morgan fingerprint density at radius 2 is 2.00 bits per heavy atom. The molecule has 0 amide bonds. The minimum Gasteiger partial charge on any atom is -0.481 e. The normalized spacial score (nSPS) is 32.5. The zero-order valence-corrected chi connectivity index (χ0v) is 10.6. The lowest BCUT2D eigenvalue weighted by Crippen LogP contribution is -2.56. The summed E-state index contributed by atoms with van der Waals surface area (Å²) in [7, 11) is 0. The van der Waals surface area contributed by atoms with Crippen LogP contribution in [0.5, 0.6) is 0 Å². The van der Waals surface area contributed by atoms with E-state index >= 15 is 0 Å². The second-order valence-electron chi connectivity index (χ2n) is 5.05. The highest BCUT2D eigenvalue weighted by Crippen LogP contribution is 2.17. The summed E-state index contributed by atoms with van der Waals surface area (Å²) in [4.78, 5) is 15.9. The van der Waals surface area contributed by atoms with Crippen LogP contribution in [0.2, 0.25) is 0 Å². The van der Waals surface area contributed by atoms with Crippen LogP contribution in [-0.4, -0.2) is 72.7 Å². The zero-order valence-electron chi connectivity index (χ0n) is 10.6. The number of aliphatic carboxylic acids is 1. The number of piperazine rings is 1. The first kappa shape index (κ1) is 12.8. The first-order valence-corrected chi connectivity index (χ1v) is 6.60. The van der Waals surface area contributed by atoms with E-state index in [0.29, 0.717) is 12.6 Å². The topological polar surface area (TPSA) is 55.8 Å². The van der Waals surface area contributed by atoms with E-state index in [9.17, 15) is 4.79 Å². The van der Waals surface area contributed by atoms with Crippen molar-refractivity contribution in [1.29, 1.82) is 0 Å². The van der Waals surface area contributed by atoms with Crippen molar-refractivity contribution in [1.82, 2.24) is 15.1 Å². The van der Waals surface area contributed by atoms with E-state index in [1.54, 1.807) is 0 Å². The minimum atomic E-state index is -0.658. The van der Waals surface area contributed by atoms with E-state index in [2.05, 4.69) is 22.0 Å². The molecule has 2 saturated heterocycles. The quantitative estimate of drug-likeness (QED) is 0.710. The molecule has 0 aromatic carbocycles. The Labute approximate surface area is 103 Å². The van der Waals surface area contributed by atoms with Gasteiger partial charge in [0.05, 0.1) is 5.92 Å². The lowest BCUT2D eigenvalue weighted by molar-refractivity contribution is -0.143. The fourth-order valence-corrected chi connectivity index (χ4v) is 2.83. The largest absolute Gasteiger partial charge is 0.481 e. The molecule has 0 saturated carbocycles. The van der Waals surface area contributed by atoms with Crippen LogP contribution in [0.3, 0.4) is 0 Å². The maximum absolute atomic E-state index is 11.0. The molecule has 2 fully saturated rings. The Hall–Kier alpha value is -0.650. The molecule has 0 bridgehead atoms. The highest BCUT2D eigenvalue weighted by atomic mass is 16.4. The van der Waals surface area contributed by atoms with Gasteiger partial charge in [-0.15, -0.1) is 0 Å². The molecule has 17 heavy (non-hydrogen) atoms. The van der Waals surface area contributed by atoms with Crippen molar-refractivity contribution in [3.05, 3.63) is 0 Å². The maximum Gasteiger partial charge on any atom is 0.307 e. The van der Waals surface area contributed by atoms with E-state index < -0.39 is 5.97 Å². The van der Waals surface area contributed by atoms with Gasteiger partial charge in [0.2, 0.25) is 0 Å². The van der Waals surface area contributed by atoms with Gasteiger partial charge >= 0.3 is 5.97 Å². The number of nitrogens with one attached hydrogen (secondary N) is 1. The number of carbonyl (C=O) groups is 1. The van der Waals surface area contributed by atoms with Gasteiger partial charge < -0.3 is 15.3 Å². The van der Waals surface area contributed by atoms with Gasteiger partial charge in [0.15, 0.2) is 0 Å². The average Bonchev–Trinajstić information content (AvgIpc) is 2.39. The van der Waals surface area contributed by atoms with Crippen molar-refractivity contribution in [2.45, 2.75) is 19.4 Å². The molecule has 2 aliphatic rings. The lowest BCUT2D eigenvalue weighted by Gasteiger charge is -2.41. The average molecular weight is 241 g/mol. The van der Waals surface area contributed by atoms with Gasteiger partial charge in [0.25, 0.3) is 0 Å². The Kier molecular flexibility index (Phi) is 4.36. The van der Waals surface area contributed by atoms with E-state index in [1.165, 1.54) is 0 Å². The summed E-state index contributed by atoms with van der Waals surface area (Å²) in [6.07, 6.45) is 0.800.